The van der Waals surface area contributed by atoms with E-state index in [1.807, 2.05) is 11.8 Å². The highest BCUT2D eigenvalue weighted by Gasteiger charge is 2.78. The SMILES string of the molecule is CCC(=O)O[C@@]12CO[C@@H]1C[C@H](O)[C@@]1(C)C(=O)[C@H](OCCN3CCSCC3)C3=C(C)[C@@H](OC(=O)[C@H](O)[C@@H](NC(=O)OC(C)(C)C)c4ccccc4)C[C@@](O)([C@@H](OC(=O)c4ccccc4)[C@H]21)C3(C)C. The molecule has 2 saturated heterocycles. The summed E-state index contributed by atoms with van der Waals surface area (Å²) < 4.78 is 37.4. The average molecular weight is 951 g/mol. The molecule has 4 fully saturated rings. The van der Waals surface area contributed by atoms with E-state index < -0.39 is 112 Å². The standard InChI is InChI=1S/C50H66N2O14S/c1-9-35(54)65-49-28-62-34(49)26-33(53)48(8)40(49)42(64-43(57)31-18-14-11-15-19-31)50(60)27-32(29(2)36(47(50,6)7)39(41(48)56)61-23-20-52-21-24-67-25-22-52)63-44(58)38(55)37(30-16-12-10-13-17-30)51-45(59)66-46(3,4)5/h10-19,32-34,37-40,42,53,55,60H,9,20-28H2,1-8H3,(H,51,59)/t32-,33-,34+,37-,38+,39+,40-,42-,48+,49-,50+/m0/s1. The van der Waals surface area contributed by atoms with E-state index in [9.17, 15) is 34.5 Å². The molecule has 16 nitrogen and oxygen atoms in total. The smallest absolute Gasteiger partial charge is 0.408 e. The van der Waals surface area contributed by atoms with E-state index in [0.29, 0.717) is 17.7 Å². The molecule has 2 saturated carbocycles. The minimum absolute atomic E-state index is 0.0570. The number of ether oxygens (including phenoxy) is 6. The third-order valence-corrected chi connectivity index (χ3v) is 15.5. The molecule has 366 valence electrons. The number of carbonyl (C=O) groups is 5. The van der Waals surface area contributed by atoms with Crippen LogP contribution in [0.1, 0.15) is 96.6 Å². The summed E-state index contributed by atoms with van der Waals surface area (Å²) in [7, 11) is 0. The second kappa shape index (κ2) is 19.6. The van der Waals surface area contributed by atoms with Gasteiger partial charge in [0.1, 0.15) is 35.6 Å². The van der Waals surface area contributed by atoms with E-state index >= 15 is 4.79 Å². The molecule has 11 atom stereocenters. The van der Waals surface area contributed by atoms with Crippen LogP contribution >= 0.6 is 11.8 Å². The number of aliphatic hydroxyl groups is 3. The Bertz CT molecular complexity index is 2190. The molecule has 2 bridgehead atoms. The van der Waals surface area contributed by atoms with Crippen LogP contribution in [0.3, 0.4) is 0 Å². The van der Waals surface area contributed by atoms with Crippen LogP contribution in [0, 0.1) is 16.7 Å². The molecule has 7 rings (SSSR count). The molecular weight excluding hydrogens is 885 g/mol. The maximum atomic E-state index is 16.0. The number of thioether (sulfide) groups is 1. The molecule has 0 spiro atoms. The predicted octanol–water partition coefficient (Wildman–Crippen LogP) is 4.72. The number of alkyl carbamates (subject to hydrolysis) is 1. The Kier molecular flexibility index (Phi) is 14.7. The Morgan fingerprint density at radius 1 is 0.985 bits per heavy atom. The topological polar surface area (TPSA) is 217 Å². The fraction of sp³-hybridized carbons (Fsp3) is 0.620. The largest absolute Gasteiger partial charge is 0.456 e. The summed E-state index contributed by atoms with van der Waals surface area (Å²) in [6.45, 7) is 15.1. The minimum atomic E-state index is -2.29. The summed E-state index contributed by atoms with van der Waals surface area (Å²) >= 11 is 1.85. The predicted molar refractivity (Wildman–Crippen MR) is 246 cm³/mol. The molecular formula is C50H66N2O14S. The maximum Gasteiger partial charge on any atom is 0.408 e. The van der Waals surface area contributed by atoms with Gasteiger partial charge in [-0.3, -0.25) is 14.5 Å². The number of aliphatic hydroxyl groups excluding tert-OH is 2. The zero-order valence-corrected chi connectivity index (χ0v) is 40.5. The number of esters is 3. The van der Waals surface area contributed by atoms with E-state index in [1.165, 1.54) is 12.1 Å². The number of hydrogen-bond acceptors (Lipinski definition) is 16. The third kappa shape index (κ3) is 9.53. The molecule has 17 heteroatoms. The maximum absolute atomic E-state index is 16.0. The summed E-state index contributed by atoms with van der Waals surface area (Å²) in [5, 5.41) is 40.8. The first kappa shape index (κ1) is 50.5. The number of nitrogens with one attached hydrogen (secondary N) is 1. The molecule has 0 unspecified atom stereocenters. The van der Waals surface area contributed by atoms with Gasteiger partial charge in [-0.05, 0) is 63.5 Å². The number of nitrogens with zero attached hydrogens (tertiary/aromatic N) is 1. The van der Waals surface area contributed by atoms with E-state index in [-0.39, 0.29) is 37.2 Å². The van der Waals surface area contributed by atoms with Crippen molar-refractivity contribution in [3.8, 4) is 0 Å². The molecule has 1 amide bonds. The number of amides is 1. The lowest BCUT2D eigenvalue weighted by Gasteiger charge is -2.67. The number of benzene rings is 2. The van der Waals surface area contributed by atoms with Gasteiger partial charge in [-0.2, -0.15) is 11.8 Å². The van der Waals surface area contributed by atoms with Gasteiger partial charge in [0.2, 0.25) is 0 Å². The first-order valence-corrected chi connectivity index (χ1v) is 24.3. The Labute approximate surface area is 396 Å². The van der Waals surface area contributed by atoms with Gasteiger partial charge in [0.05, 0.1) is 42.3 Å². The monoisotopic (exact) mass is 950 g/mol. The molecule has 5 aliphatic rings. The highest BCUT2D eigenvalue weighted by molar-refractivity contribution is 7.99. The molecule has 4 N–H and O–H groups in total. The Morgan fingerprint density at radius 2 is 1.63 bits per heavy atom. The minimum Gasteiger partial charge on any atom is -0.456 e. The summed E-state index contributed by atoms with van der Waals surface area (Å²) in [6.07, 6.45) is -10.6. The summed E-state index contributed by atoms with van der Waals surface area (Å²) in [5.74, 6) is -2.89. The molecule has 2 aromatic rings. The first-order chi connectivity index (χ1) is 31.6. The van der Waals surface area contributed by atoms with Crippen molar-refractivity contribution in [1.29, 1.82) is 0 Å². The van der Waals surface area contributed by atoms with E-state index in [0.717, 1.165) is 24.6 Å². The fourth-order valence-electron chi connectivity index (χ4n) is 10.8. The quantitative estimate of drug-likeness (QED) is 0.121. The molecule has 67 heavy (non-hydrogen) atoms. The molecule has 0 aromatic heterocycles. The summed E-state index contributed by atoms with van der Waals surface area (Å²) in [5.41, 5.74) is -7.29. The van der Waals surface area contributed by atoms with Crippen molar-refractivity contribution in [3.05, 3.63) is 82.9 Å². The van der Waals surface area contributed by atoms with Gasteiger partial charge < -0.3 is 49.1 Å². The Balaban J connectivity index is 1.39. The molecule has 2 aromatic carbocycles. The van der Waals surface area contributed by atoms with E-state index in [4.69, 9.17) is 28.4 Å². The van der Waals surface area contributed by atoms with Crippen LogP contribution in [0.25, 0.3) is 0 Å². The third-order valence-electron chi connectivity index (χ3n) is 14.6. The van der Waals surface area contributed by atoms with Crippen LogP contribution in [0.15, 0.2) is 71.8 Å². The van der Waals surface area contributed by atoms with Gasteiger partial charge >= 0.3 is 24.0 Å². The summed E-state index contributed by atoms with van der Waals surface area (Å²) in [6, 6.07) is 15.0. The van der Waals surface area contributed by atoms with Crippen LogP contribution in [-0.4, -0.2) is 148 Å². The Morgan fingerprint density at radius 3 is 2.22 bits per heavy atom. The van der Waals surface area contributed by atoms with Gasteiger partial charge in [-0.15, -0.1) is 0 Å². The number of fused-ring (bicyclic) bond motifs is 5. The number of hydrogen-bond donors (Lipinski definition) is 4. The zero-order chi connectivity index (χ0) is 48.7. The van der Waals surface area contributed by atoms with Crippen molar-refractivity contribution in [3.63, 3.8) is 0 Å². The normalized spacial score (nSPS) is 32.4. The highest BCUT2D eigenvalue weighted by Crippen LogP contribution is 2.64. The average Bonchev–Trinajstić information content (AvgIpc) is 3.29. The Hall–Kier alpha value is -4.36. The number of Topliss-reactive ketones (excluding diaryl/α,β-unsaturated/α-hetero) is 1. The highest BCUT2D eigenvalue weighted by atomic mass is 32.2. The molecule has 2 aliphatic heterocycles. The first-order valence-electron chi connectivity index (χ1n) is 23.2. The molecule has 2 heterocycles. The van der Waals surface area contributed by atoms with E-state index in [2.05, 4.69) is 10.2 Å². The second-order valence-electron chi connectivity index (χ2n) is 20.1. The lowest BCUT2D eigenvalue weighted by atomic mass is 9.44. The molecule has 0 radical (unpaired) electrons. The van der Waals surface area contributed by atoms with Gasteiger partial charge in [0.15, 0.2) is 17.5 Å². The number of carbonyl (C=O) groups excluding carboxylic acids is 5. The number of rotatable bonds is 13. The lowest BCUT2D eigenvalue weighted by molar-refractivity contribution is -0.346. The van der Waals surface area contributed by atoms with Crippen LogP contribution < -0.4 is 5.32 Å². The molecule has 3 aliphatic carbocycles. The van der Waals surface area contributed by atoms with Crippen LogP contribution in [0.2, 0.25) is 0 Å². The fourth-order valence-corrected chi connectivity index (χ4v) is 11.8. The van der Waals surface area contributed by atoms with Gasteiger partial charge in [-0.25, -0.2) is 14.4 Å². The van der Waals surface area contributed by atoms with Gasteiger partial charge in [0.25, 0.3) is 0 Å². The summed E-state index contributed by atoms with van der Waals surface area (Å²) in [4.78, 5) is 73.9. The van der Waals surface area contributed by atoms with E-state index in [1.54, 1.807) is 104 Å². The van der Waals surface area contributed by atoms with Crippen molar-refractivity contribution in [2.24, 2.45) is 16.7 Å². The number of ketones is 1. The van der Waals surface area contributed by atoms with Gasteiger partial charge in [0, 0.05) is 55.8 Å². The van der Waals surface area contributed by atoms with Crippen molar-refractivity contribution in [2.75, 3.05) is 44.4 Å². The van der Waals surface area contributed by atoms with Crippen molar-refractivity contribution >= 4 is 41.5 Å². The van der Waals surface area contributed by atoms with Crippen molar-refractivity contribution in [2.45, 2.75) is 134 Å². The lowest BCUT2D eigenvalue weighted by Crippen LogP contribution is -2.82. The van der Waals surface area contributed by atoms with Crippen LogP contribution in [0.4, 0.5) is 4.79 Å². The van der Waals surface area contributed by atoms with Crippen LogP contribution in [0.5, 0.6) is 0 Å². The second-order valence-corrected chi connectivity index (χ2v) is 21.3. The van der Waals surface area contributed by atoms with Crippen LogP contribution in [-0.2, 0) is 42.8 Å². The van der Waals surface area contributed by atoms with Crippen molar-refractivity contribution in [1.82, 2.24) is 10.2 Å². The zero-order valence-electron chi connectivity index (χ0n) is 39.7. The van der Waals surface area contributed by atoms with Crippen molar-refractivity contribution < 1.29 is 67.7 Å². The van der Waals surface area contributed by atoms with Gasteiger partial charge in [-0.1, -0.05) is 69.3 Å².